The maximum atomic E-state index is 13.7. The second-order valence-corrected chi connectivity index (χ2v) is 5.29. The molecule has 0 aliphatic rings. The highest BCUT2D eigenvalue weighted by molar-refractivity contribution is 9.10. The molecule has 2 nitrogen and oxygen atoms in total. The number of carbonyl (C=O) groups excluding carboxylic acids is 1. The molecule has 0 saturated heterocycles. The van der Waals surface area contributed by atoms with Gasteiger partial charge in [0.15, 0.2) is 0 Å². The van der Waals surface area contributed by atoms with Gasteiger partial charge in [0.2, 0.25) is 5.78 Å². The maximum absolute atomic E-state index is 13.7. The lowest BCUT2D eigenvalue weighted by Gasteiger charge is -2.04. The van der Waals surface area contributed by atoms with E-state index < -0.39 is 28.8 Å². The van der Waals surface area contributed by atoms with Crippen molar-refractivity contribution in [1.29, 1.82) is 0 Å². The van der Waals surface area contributed by atoms with Crippen molar-refractivity contribution in [1.82, 2.24) is 4.98 Å². The molecule has 0 bridgehead atoms. The van der Waals surface area contributed by atoms with Gasteiger partial charge in [0.1, 0.15) is 17.5 Å². The molecule has 0 aliphatic heterocycles. The highest BCUT2D eigenvalue weighted by atomic mass is 79.9. The van der Waals surface area contributed by atoms with Crippen LogP contribution in [0.1, 0.15) is 15.9 Å². The van der Waals surface area contributed by atoms with Crippen LogP contribution in [0.25, 0.3) is 10.9 Å². The molecule has 0 fully saturated rings. The van der Waals surface area contributed by atoms with E-state index >= 15 is 0 Å². The fourth-order valence-electron chi connectivity index (χ4n) is 2.21. The van der Waals surface area contributed by atoms with Gasteiger partial charge in [-0.3, -0.25) is 4.79 Å². The quantitative estimate of drug-likeness (QED) is 0.672. The minimum Gasteiger partial charge on any atom is -0.360 e. The summed E-state index contributed by atoms with van der Waals surface area (Å²) >= 11 is 3.30. The standard InChI is InChI=1S/C15H7BrF3NO/c16-9-2-1-3-12-13(9)8(6-20-12)15(21)14-10(18)4-7(17)5-11(14)19/h1-6,20H. The minimum atomic E-state index is -1.22. The van der Waals surface area contributed by atoms with Crippen molar-refractivity contribution in [2.45, 2.75) is 0 Å². The number of H-pyrrole nitrogens is 1. The molecule has 1 N–H and O–H groups in total. The van der Waals surface area contributed by atoms with Crippen molar-refractivity contribution in [2.24, 2.45) is 0 Å². The third-order valence-electron chi connectivity index (χ3n) is 3.13. The zero-order valence-corrected chi connectivity index (χ0v) is 12.0. The molecule has 2 aromatic carbocycles. The molecule has 21 heavy (non-hydrogen) atoms. The number of fused-ring (bicyclic) bond motifs is 1. The van der Waals surface area contributed by atoms with Crippen molar-refractivity contribution in [3.8, 4) is 0 Å². The van der Waals surface area contributed by atoms with E-state index in [0.717, 1.165) is 0 Å². The van der Waals surface area contributed by atoms with Gasteiger partial charge in [-0.2, -0.15) is 0 Å². The summed E-state index contributed by atoms with van der Waals surface area (Å²) in [6.07, 6.45) is 1.37. The van der Waals surface area contributed by atoms with Gasteiger partial charge in [0.05, 0.1) is 5.56 Å². The van der Waals surface area contributed by atoms with E-state index in [9.17, 15) is 18.0 Å². The van der Waals surface area contributed by atoms with Gasteiger partial charge in [0, 0.05) is 39.3 Å². The van der Waals surface area contributed by atoms with Crippen molar-refractivity contribution in [3.05, 3.63) is 69.6 Å². The Bertz CT molecular complexity index is 849. The van der Waals surface area contributed by atoms with E-state index in [4.69, 9.17) is 0 Å². The first-order valence-corrected chi connectivity index (χ1v) is 6.73. The normalized spacial score (nSPS) is 11.0. The minimum absolute atomic E-state index is 0.113. The van der Waals surface area contributed by atoms with Crippen molar-refractivity contribution in [2.75, 3.05) is 0 Å². The van der Waals surface area contributed by atoms with E-state index in [1.807, 2.05) is 0 Å². The van der Waals surface area contributed by atoms with Gasteiger partial charge < -0.3 is 4.98 Å². The number of hydrogen-bond acceptors (Lipinski definition) is 1. The van der Waals surface area contributed by atoms with Crippen LogP contribution in [0, 0.1) is 17.5 Å². The predicted octanol–water partition coefficient (Wildman–Crippen LogP) is 4.58. The smallest absolute Gasteiger partial charge is 0.201 e. The van der Waals surface area contributed by atoms with Crippen LogP contribution >= 0.6 is 15.9 Å². The van der Waals surface area contributed by atoms with Gasteiger partial charge in [-0.05, 0) is 12.1 Å². The monoisotopic (exact) mass is 353 g/mol. The highest BCUT2D eigenvalue weighted by Gasteiger charge is 2.23. The molecule has 0 radical (unpaired) electrons. The molecule has 6 heteroatoms. The van der Waals surface area contributed by atoms with Crippen LogP contribution < -0.4 is 0 Å². The third kappa shape index (κ3) is 2.25. The van der Waals surface area contributed by atoms with Crippen LogP contribution in [0.4, 0.5) is 13.2 Å². The molecule has 1 aromatic heterocycles. The van der Waals surface area contributed by atoms with E-state index in [-0.39, 0.29) is 5.56 Å². The van der Waals surface area contributed by atoms with Crippen molar-refractivity contribution < 1.29 is 18.0 Å². The fraction of sp³-hybridized carbons (Fsp3) is 0. The van der Waals surface area contributed by atoms with Crippen LogP contribution in [0.3, 0.4) is 0 Å². The van der Waals surface area contributed by atoms with E-state index in [0.29, 0.717) is 27.5 Å². The van der Waals surface area contributed by atoms with Crippen LogP contribution in [0.2, 0.25) is 0 Å². The number of ketones is 1. The zero-order valence-electron chi connectivity index (χ0n) is 10.4. The van der Waals surface area contributed by atoms with Gasteiger partial charge in [-0.25, -0.2) is 13.2 Å². The molecule has 0 aliphatic carbocycles. The highest BCUT2D eigenvalue weighted by Crippen LogP contribution is 2.29. The van der Waals surface area contributed by atoms with Crippen molar-refractivity contribution in [3.63, 3.8) is 0 Å². The first kappa shape index (κ1) is 13.9. The summed E-state index contributed by atoms with van der Waals surface area (Å²) in [6.45, 7) is 0. The molecular weight excluding hydrogens is 347 g/mol. The first-order chi connectivity index (χ1) is 9.99. The predicted molar refractivity (Wildman–Crippen MR) is 75.7 cm³/mol. The van der Waals surface area contributed by atoms with E-state index in [1.165, 1.54) is 6.20 Å². The lowest BCUT2D eigenvalue weighted by atomic mass is 10.0. The molecule has 106 valence electrons. The summed E-state index contributed by atoms with van der Waals surface area (Å²) in [4.78, 5) is 15.2. The number of aromatic amines is 1. The SMILES string of the molecule is O=C(c1c(F)cc(F)cc1F)c1c[nH]c2cccc(Br)c12. The summed E-state index contributed by atoms with van der Waals surface area (Å²) in [5, 5.41) is 0.519. The summed E-state index contributed by atoms with van der Waals surface area (Å²) in [5.41, 5.74) is -0.00871. The molecule has 0 atom stereocenters. The van der Waals surface area contributed by atoms with E-state index in [2.05, 4.69) is 20.9 Å². The second kappa shape index (κ2) is 5.04. The molecule has 1 heterocycles. The molecular formula is C15H7BrF3NO. The number of nitrogens with one attached hydrogen (secondary N) is 1. The summed E-state index contributed by atoms with van der Waals surface area (Å²) in [7, 11) is 0. The average Bonchev–Trinajstić information content (AvgIpc) is 2.82. The van der Waals surface area contributed by atoms with Crippen molar-refractivity contribution >= 4 is 32.6 Å². The third-order valence-corrected chi connectivity index (χ3v) is 3.79. The Hall–Kier alpha value is -2.08. The van der Waals surface area contributed by atoms with Gasteiger partial charge in [-0.1, -0.05) is 22.0 Å². The maximum Gasteiger partial charge on any atom is 0.201 e. The largest absolute Gasteiger partial charge is 0.360 e. The number of benzene rings is 2. The molecule has 0 unspecified atom stereocenters. The lowest BCUT2D eigenvalue weighted by Crippen LogP contribution is -2.08. The molecule has 3 aromatic rings. The van der Waals surface area contributed by atoms with Gasteiger partial charge >= 0.3 is 0 Å². The molecule has 3 rings (SSSR count). The molecule has 0 amide bonds. The number of carbonyl (C=O) groups is 1. The summed E-state index contributed by atoms with van der Waals surface area (Å²) in [6, 6.07) is 6.18. The van der Waals surface area contributed by atoms with Crippen LogP contribution in [0.15, 0.2) is 41.0 Å². The second-order valence-electron chi connectivity index (χ2n) is 4.44. The van der Waals surface area contributed by atoms with Crippen LogP contribution in [-0.2, 0) is 0 Å². The Morgan fingerprint density at radius 2 is 1.76 bits per heavy atom. The van der Waals surface area contributed by atoms with Gasteiger partial charge in [-0.15, -0.1) is 0 Å². The average molecular weight is 354 g/mol. The molecule has 0 spiro atoms. The Morgan fingerprint density at radius 1 is 1.10 bits per heavy atom. The van der Waals surface area contributed by atoms with Crippen LogP contribution in [0.5, 0.6) is 0 Å². The first-order valence-electron chi connectivity index (χ1n) is 5.94. The summed E-state index contributed by atoms with van der Waals surface area (Å²) in [5.74, 6) is -4.36. The Balaban J connectivity index is 2.23. The molecule has 0 saturated carbocycles. The topological polar surface area (TPSA) is 32.9 Å². The van der Waals surface area contributed by atoms with Gasteiger partial charge in [0.25, 0.3) is 0 Å². The lowest BCUT2D eigenvalue weighted by molar-refractivity contribution is 0.103. The number of aromatic nitrogens is 1. The fourth-order valence-corrected chi connectivity index (χ4v) is 2.79. The van der Waals surface area contributed by atoms with E-state index in [1.54, 1.807) is 18.2 Å². The Morgan fingerprint density at radius 3 is 2.43 bits per heavy atom. The number of hydrogen-bond donors (Lipinski definition) is 1. The van der Waals surface area contributed by atoms with Crippen LogP contribution in [-0.4, -0.2) is 10.8 Å². The summed E-state index contributed by atoms with van der Waals surface area (Å²) < 4.78 is 41.0. The number of halogens is 4. The zero-order chi connectivity index (χ0) is 15.1. The Labute approximate surface area is 125 Å². The number of rotatable bonds is 2. The Kier molecular flexibility index (Phi) is 3.33.